The van der Waals surface area contributed by atoms with Crippen LogP contribution in [0.3, 0.4) is 0 Å². The molecule has 0 aromatic carbocycles. The fraction of sp³-hybridized carbons (Fsp3) is 0.909. The lowest BCUT2D eigenvalue weighted by atomic mass is 9.68. The van der Waals surface area contributed by atoms with E-state index in [4.69, 9.17) is 23.2 Å². The summed E-state index contributed by atoms with van der Waals surface area (Å²) in [7, 11) is 0. The summed E-state index contributed by atoms with van der Waals surface area (Å²) in [5.41, 5.74) is -1.16. The summed E-state index contributed by atoms with van der Waals surface area (Å²) in [4.78, 5) is 28.8. The summed E-state index contributed by atoms with van der Waals surface area (Å²) in [5, 5.41) is 6.73. The van der Waals surface area contributed by atoms with Crippen LogP contribution in [0.25, 0.3) is 0 Å². The van der Waals surface area contributed by atoms with Gasteiger partial charge in [-0.05, 0) is 81.2 Å². The third-order valence-electron chi connectivity index (χ3n) is 8.00. The van der Waals surface area contributed by atoms with Crippen LogP contribution >= 0.6 is 23.2 Å². The molecular weight excluding hydrogens is 449 g/mol. The minimum absolute atomic E-state index is 0.0314. The Hall–Kier alpha value is -0.660. The third-order valence-corrected chi connectivity index (χ3v) is 8.85. The summed E-state index contributed by atoms with van der Waals surface area (Å²) in [5.74, 6) is -0.642. The monoisotopic (exact) mass is 480 g/mol. The maximum atomic E-state index is 13.6. The molecule has 1 saturated heterocycles. The van der Waals surface area contributed by atoms with Gasteiger partial charge in [-0.3, -0.25) is 9.59 Å². The highest BCUT2D eigenvalue weighted by Crippen LogP contribution is 2.48. The second kappa shape index (κ2) is 8.94. The Bertz CT molecular complexity index is 685. The van der Waals surface area contributed by atoms with E-state index in [0.29, 0.717) is 58.3 Å². The van der Waals surface area contributed by atoms with Crippen molar-refractivity contribution >= 4 is 35.0 Å². The molecule has 0 aromatic rings. The minimum atomic E-state index is -3.18. The van der Waals surface area contributed by atoms with Gasteiger partial charge in [0.15, 0.2) is 0 Å². The van der Waals surface area contributed by atoms with E-state index in [2.05, 4.69) is 0 Å². The van der Waals surface area contributed by atoms with Crippen LogP contribution in [-0.2, 0) is 9.59 Å². The molecule has 3 unspecified atom stereocenters. The van der Waals surface area contributed by atoms with E-state index in [1.807, 2.05) is 4.90 Å². The minimum Gasteiger partial charge on any atom is -0.380 e. The van der Waals surface area contributed by atoms with Gasteiger partial charge in [0.2, 0.25) is 5.91 Å². The molecule has 4 rings (SSSR count). The Morgan fingerprint density at radius 3 is 2.06 bits per heavy atom. The molecule has 2 amide bonds. The van der Waals surface area contributed by atoms with Crippen molar-refractivity contribution in [2.75, 3.05) is 26.2 Å². The number of aliphatic hydroxyl groups is 1. The number of carbonyl (C=O) groups excluding carboxylic acids is 2. The molecule has 1 heterocycles. The van der Waals surface area contributed by atoms with Gasteiger partial charge in [-0.1, -0.05) is 0 Å². The zero-order valence-corrected chi connectivity index (χ0v) is 19.3. The Kier molecular flexibility index (Phi) is 6.78. The summed E-state index contributed by atoms with van der Waals surface area (Å²) < 4.78 is 27.3. The van der Waals surface area contributed by atoms with Gasteiger partial charge in [0.1, 0.15) is 5.60 Å². The lowest BCUT2D eigenvalue weighted by molar-refractivity contribution is -0.148. The quantitative estimate of drug-likeness (QED) is 0.621. The number of nitrogens with zero attached hydrogens (tertiary/aromatic N) is 2. The van der Waals surface area contributed by atoms with Crippen molar-refractivity contribution in [3.8, 4) is 0 Å². The van der Waals surface area contributed by atoms with Crippen molar-refractivity contribution in [2.45, 2.75) is 74.1 Å². The largest absolute Gasteiger partial charge is 0.380 e. The van der Waals surface area contributed by atoms with Gasteiger partial charge in [-0.15, -0.1) is 11.6 Å². The summed E-state index contributed by atoms with van der Waals surface area (Å²) >= 11 is 11.8. The summed E-state index contributed by atoms with van der Waals surface area (Å²) in [6.07, 6.45) is 5.51. The number of carbonyl (C=O) groups is 2. The molecule has 0 spiro atoms. The topological polar surface area (TPSA) is 60.9 Å². The van der Waals surface area contributed by atoms with Gasteiger partial charge in [0, 0.05) is 43.4 Å². The van der Waals surface area contributed by atoms with Crippen molar-refractivity contribution in [1.29, 1.82) is 0 Å². The normalized spacial score (nSPS) is 36.2. The molecule has 5 nitrogen and oxygen atoms in total. The van der Waals surface area contributed by atoms with Gasteiger partial charge < -0.3 is 14.9 Å². The van der Waals surface area contributed by atoms with E-state index in [1.165, 1.54) is 0 Å². The first-order chi connectivity index (χ1) is 14.6. The van der Waals surface area contributed by atoms with Gasteiger partial charge in [-0.25, -0.2) is 0 Å². The van der Waals surface area contributed by atoms with Crippen LogP contribution < -0.4 is 0 Å². The molecule has 31 heavy (non-hydrogen) atoms. The highest BCUT2D eigenvalue weighted by molar-refractivity contribution is 6.22. The van der Waals surface area contributed by atoms with Crippen LogP contribution in [0.15, 0.2) is 0 Å². The van der Waals surface area contributed by atoms with E-state index in [0.717, 1.165) is 25.7 Å². The van der Waals surface area contributed by atoms with Crippen LogP contribution in [-0.4, -0.2) is 69.3 Å². The molecule has 4 aliphatic rings. The first-order valence-corrected chi connectivity index (χ1v) is 12.4. The molecule has 0 bridgehead atoms. The second-order valence-electron chi connectivity index (χ2n) is 9.99. The van der Waals surface area contributed by atoms with Crippen LogP contribution in [0.5, 0.6) is 0 Å². The second-order valence-corrected chi connectivity index (χ2v) is 11.1. The molecular formula is C22H32Cl2F2N2O3. The molecule has 176 valence electrons. The van der Waals surface area contributed by atoms with Gasteiger partial charge in [0.25, 0.3) is 5.91 Å². The molecule has 1 N–H and O–H groups in total. The first-order valence-electron chi connectivity index (χ1n) is 11.6. The van der Waals surface area contributed by atoms with Crippen LogP contribution in [0, 0.1) is 23.7 Å². The smallest absolute Gasteiger partial charge is 0.324 e. The Labute approximate surface area is 192 Å². The number of alkyl halides is 4. The number of piperazine rings is 1. The van der Waals surface area contributed by atoms with Crippen molar-refractivity contribution < 1.29 is 23.5 Å². The number of rotatable bonds is 4. The third kappa shape index (κ3) is 5.14. The maximum absolute atomic E-state index is 13.6. The molecule has 4 fully saturated rings. The molecule has 1 aliphatic heterocycles. The first kappa shape index (κ1) is 23.5. The Morgan fingerprint density at radius 1 is 0.935 bits per heavy atom. The van der Waals surface area contributed by atoms with Crippen molar-refractivity contribution in [3.63, 3.8) is 0 Å². The molecule has 9 heteroatoms. The standard InChI is InChI=1S/C22H32Cl2F2N2O3/c23-18-6-5-16(22(24,25)26)13-17(18)14-1-3-15(4-2-14)19(29)27-9-11-28(12-10-27)20(30)21(31)7-8-21/h14-18,31H,1-13H2. The Balaban J connectivity index is 1.25. The van der Waals surface area contributed by atoms with Crippen LogP contribution in [0.1, 0.15) is 57.8 Å². The van der Waals surface area contributed by atoms with Crippen LogP contribution in [0.2, 0.25) is 0 Å². The van der Waals surface area contributed by atoms with Crippen LogP contribution in [0.4, 0.5) is 8.78 Å². The average molecular weight is 481 g/mol. The summed E-state index contributed by atoms with van der Waals surface area (Å²) in [6.45, 7) is 1.93. The molecule has 3 aliphatic carbocycles. The van der Waals surface area contributed by atoms with Crippen molar-refractivity contribution in [3.05, 3.63) is 0 Å². The zero-order valence-electron chi connectivity index (χ0n) is 17.7. The van der Waals surface area contributed by atoms with E-state index in [-0.39, 0.29) is 34.9 Å². The number of amides is 2. The van der Waals surface area contributed by atoms with E-state index in [1.54, 1.807) is 4.90 Å². The maximum Gasteiger partial charge on any atom is 0.324 e. The molecule has 0 aromatic heterocycles. The highest BCUT2D eigenvalue weighted by atomic mass is 35.5. The number of hydrogen-bond acceptors (Lipinski definition) is 3. The SMILES string of the molecule is O=C(C1CCC(C2CC(C(F)(F)Cl)CCC2Cl)CC1)N1CCN(C(=O)C2(O)CC2)CC1. The van der Waals surface area contributed by atoms with Gasteiger partial charge in [0.05, 0.1) is 0 Å². The Morgan fingerprint density at radius 2 is 1.52 bits per heavy atom. The van der Waals surface area contributed by atoms with Gasteiger partial charge in [-0.2, -0.15) is 8.78 Å². The molecule has 3 atom stereocenters. The summed E-state index contributed by atoms with van der Waals surface area (Å²) in [6, 6.07) is 0. The zero-order chi connectivity index (χ0) is 22.4. The molecule has 3 saturated carbocycles. The van der Waals surface area contributed by atoms with Crippen molar-refractivity contribution in [1.82, 2.24) is 9.80 Å². The van der Waals surface area contributed by atoms with Crippen molar-refractivity contribution in [2.24, 2.45) is 23.7 Å². The predicted octanol–water partition coefficient (Wildman–Crippen LogP) is 3.84. The number of halogens is 4. The average Bonchev–Trinajstić information content (AvgIpc) is 3.51. The van der Waals surface area contributed by atoms with E-state index >= 15 is 0 Å². The van der Waals surface area contributed by atoms with E-state index in [9.17, 15) is 23.5 Å². The van der Waals surface area contributed by atoms with E-state index < -0.39 is 16.9 Å². The fourth-order valence-corrected chi connectivity index (χ4v) is 6.40. The fourth-order valence-electron chi connectivity index (χ4n) is 5.76. The highest BCUT2D eigenvalue weighted by Gasteiger charge is 2.51. The lowest BCUT2D eigenvalue weighted by Crippen LogP contribution is -2.54. The number of hydrogen-bond donors (Lipinski definition) is 1. The predicted molar refractivity (Wildman–Crippen MR) is 114 cm³/mol. The van der Waals surface area contributed by atoms with Gasteiger partial charge >= 0.3 is 5.38 Å². The molecule has 0 radical (unpaired) electrons. The lowest BCUT2D eigenvalue weighted by Gasteiger charge is -2.42.